The predicted octanol–water partition coefficient (Wildman–Crippen LogP) is -0.231. The fraction of sp³-hybridized carbons (Fsp3) is 0.500. The smallest absolute Gasteiger partial charge is 0.343 e. The number of aliphatic hydroxyl groups is 1. The number of hydrogen-bond donors (Lipinski definition) is 1. The molecule has 0 aromatic carbocycles. The molecule has 1 unspecified atom stereocenters. The zero-order chi connectivity index (χ0) is 11.6. The molecular weight excluding hydrogens is 200 g/mol. The van der Waals surface area contributed by atoms with Gasteiger partial charge in [-0.1, -0.05) is 6.58 Å². The molecule has 0 saturated heterocycles. The summed E-state index contributed by atoms with van der Waals surface area (Å²) < 4.78 is 4.60. The summed E-state index contributed by atoms with van der Waals surface area (Å²) in [5, 5.41) is 9.86. The van der Waals surface area contributed by atoms with Gasteiger partial charge in [0.25, 0.3) is 0 Å². The molecule has 1 rings (SSSR count). The number of ether oxygens (including phenoxy) is 1. The second-order valence-corrected chi connectivity index (χ2v) is 3.37. The molecule has 1 aliphatic carbocycles. The largest absolute Gasteiger partial charge is 0.464 e. The zero-order valence-corrected chi connectivity index (χ0v) is 8.41. The van der Waals surface area contributed by atoms with E-state index in [0.29, 0.717) is 0 Å². The standard InChI is InChI=1S/C10H12O5/c1-3-15-9(13)10(14)5-7(11)4-8(12)6(10)2/h14H,2-5H2,1H3. The molecule has 0 heterocycles. The lowest BCUT2D eigenvalue weighted by molar-refractivity contribution is -0.165. The highest BCUT2D eigenvalue weighted by molar-refractivity contribution is 6.16. The van der Waals surface area contributed by atoms with Crippen LogP contribution in [-0.4, -0.2) is 34.9 Å². The van der Waals surface area contributed by atoms with Crippen molar-refractivity contribution in [2.24, 2.45) is 0 Å². The molecule has 0 aliphatic heterocycles. The lowest BCUT2D eigenvalue weighted by Gasteiger charge is -2.29. The fourth-order valence-electron chi connectivity index (χ4n) is 1.42. The van der Waals surface area contributed by atoms with Gasteiger partial charge in [0.05, 0.1) is 19.4 Å². The van der Waals surface area contributed by atoms with E-state index in [4.69, 9.17) is 0 Å². The van der Waals surface area contributed by atoms with Gasteiger partial charge in [-0.25, -0.2) is 4.79 Å². The molecule has 0 radical (unpaired) electrons. The molecule has 0 aromatic rings. The van der Waals surface area contributed by atoms with Crippen LogP contribution in [0.15, 0.2) is 12.2 Å². The first-order chi connectivity index (χ1) is 6.91. The van der Waals surface area contributed by atoms with Crippen LogP contribution >= 0.6 is 0 Å². The van der Waals surface area contributed by atoms with Crippen LogP contribution in [0.1, 0.15) is 19.8 Å². The van der Waals surface area contributed by atoms with Crippen LogP contribution in [-0.2, 0) is 19.1 Å². The average molecular weight is 212 g/mol. The summed E-state index contributed by atoms with van der Waals surface area (Å²) in [6, 6.07) is 0. The van der Waals surface area contributed by atoms with Gasteiger partial charge in [-0.15, -0.1) is 0 Å². The minimum absolute atomic E-state index is 0.0663. The van der Waals surface area contributed by atoms with Gasteiger partial charge in [0.2, 0.25) is 0 Å². The Labute approximate surface area is 86.7 Å². The summed E-state index contributed by atoms with van der Waals surface area (Å²) in [5.41, 5.74) is -2.43. The van der Waals surface area contributed by atoms with Gasteiger partial charge in [-0.05, 0) is 6.92 Å². The first-order valence-electron chi connectivity index (χ1n) is 4.55. The van der Waals surface area contributed by atoms with Crippen LogP contribution in [0.3, 0.4) is 0 Å². The van der Waals surface area contributed by atoms with Gasteiger partial charge in [0, 0.05) is 5.57 Å². The number of esters is 1. The summed E-state index contributed by atoms with van der Waals surface area (Å²) in [7, 11) is 0. The van der Waals surface area contributed by atoms with E-state index in [1.54, 1.807) is 6.92 Å². The van der Waals surface area contributed by atoms with Gasteiger partial charge >= 0.3 is 5.97 Å². The van der Waals surface area contributed by atoms with E-state index in [9.17, 15) is 19.5 Å². The number of rotatable bonds is 2. The van der Waals surface area contributed by atoms with Crippen LogP contribution in [0, 0.1) is 0 Å². The van der Waals surface area contributed by atoms with E-state index in [-0.39, 0.29) is 18.6 Å². The molecule has 1 N–H and O–H groups in total. The lowest BCUT2D eigenvalue weighted by atomic mass is 9.79. The number of Topliss-reactive ketones (excluding diaryl/α,β-unsaturated/α-hetero) is 2. The van der Waals surface area contributed by atoms with Crippen molar-refractivity contribution in [1.29, 1.82) is 0 Å². The molecule has 0 amide bonds. The maximum absolute atomic E-state index is 11.4. The normalized spacial score (nSPS) is 26.7. The first kappa shape index (κ1) is 11.6. The Morgan fingerprint density at radius 2 is 2.20 bits per heavy atom. The van der Waals surface area contributed by atoms with Crippen LogP contribution in [0.2, 0.25) is 0 Å². The van der Waals surface area contributed by atoms with Crippen molar-refractivity contribution in [3.8, 4) is 0 Å². The third-order valence-electron chi connectivity index (χ3n) is 2.26. The summed E-state index contributed by atoms with van der Waals surface area (Å²) in [6.07, 6.45) is -0.739. The molecule has 1 fully saturated rings. The lowest BCUT2D eigenvalue weighted by Crippen LogP contribution is -2.49. The predicted molar refractivity (Wildman–Crippen MR) is 50.0 cm³/mol. The molecule has 0 bridgehead atoms. The molecule has 1 atom stereocenters. The molecule has 15 heavy (non-hydrogen) atoms. The van der Waals surface area contributed by atoms with Gasteiger partial charge in [0.1, 0.15) is 5.78 Å². The maximum atomic E-state index is 11.4. The Hall–Kier alpha value is -1.49. The maximum Gasteiger partial charge on any atom is 0.343 e. The topological polar surface area (TPSA) is 80.7 Å². The summed E-state index contributed by atoms with van der Waals surface area (Å²) in [5.74, 6) is -2.08. The van der Waals surface area contributed by atoms with Crippen LogP contribution in [0.4, 0.5) is 0 Å². The highest BCUT2D eigenvalue weighted by Gasteiger charge is 2.48. The van der Waals surface area contributed by atoms with Crippen molar-refractivity contribution < 1.29 is 24.2 Å². The van der Waals surface area contributed by atoms with Crippen molar-refractivity contribution in [1.82, 2.24) is 0 Å². The van der Waals surface area contributed by atoms with E-state index < -0.39 is 29.6 Å². The molecular formula is C10H12O5. The van der Waals surface area contributed by atoms with Gasteiger partial charge in [-0.2, -0.15) is 0 Å². The van der Waals surface area contributed by atoms with Crippen molar-refractivity contribution >= 4 is 17.5 Å². The van der Waals surface area contributed by atoms with Crippen molar-refractivity contribution in [2.75, 3.05) is 6.61 Å². The van der Waals surface area contributed by atoms with Crippen LogP contribution in [0.25, 0.3) is 0 Å². The Kier molecular flexibility index (Phi) is 3.04. The highest BCUT2D eigenvalue weighted by atomic mass is 16.5. The van der Waals surface area contributed by atoms with E-state index in [1.165, 1.54) is 0 Å². The monoisotopic (exact) mass is 212 g/mol. The summed E-state index contributed by atoms with van der Waals surface area (Å²) >= 11 is 0. The second-order valence-electron chi connectivity index (χ2n) is 3.37. The molecule has 0 aromatic heterocycles. The Morgan fingerprint density at radius 3 is 2.73 bits per heavy atom. The quantitative estimate of drug-likeness (QED) is 0.388. The third-order valence-corrected chi connectivity index (χ3v) is 2.26. The van der Waals surface area contributed by atoms with Gasteiger partial charge < -0.3 is 9.84 Å². The van der Waals surface area contributed by atoms with E-state index in [0.717, 1.165) is 0 Å². The second kappa shape index (κ2) is 3.94. The molecule has 1 aliphatic rings. The molecule has 82 valence electrons. The average Bonchev–Trinajstić information content (AvgIpc) is 2.14. The van der Waals surface area contributed by atoms with Gasteiger partial charge in [-0.3, -0.25) is 9.59 Å². The van der Waals surface area contributed by atoms with Crippen molar-refractivity contribution in [3.63, 3.8) is 0 Å². The van der Waals surface area contributed by atoms with E-state index in [2.05, 4.69) is 11.3 Å². The Morgan fingerprint density at radius 1 is 1.60 bits per heavy atom. The fourth-order valence-corrected chi connectivity index (χ4v) is 1.42. The Bertz CT molecular complexity index is 344. The van der Waals surface area contributed by atoms with Crippen LogP contribution < -0.4 is 0 Å². The van der Waals surface area contributed by atoms with E-state index in [1.807, 2.05) is 0 Å². The number of hydrogen-bond acceptors (Lipinski definition) is 5. The Balaban J connectivity index is 2.98. The number of ketones is 2. The summed E-state index contributed by atoms with van der Waals surface area (Å²) in [4.78, 5) is 33.7. The summed E-state index contributed by atoms with van der Waals surface area (Å²) in [6.45, 7) is 4.97. The third kappa shape index (κ3) is 1.97. The van der Waals surface area contributed by atoms with Crippen LogP contribution in [0.5, 0.6) is 0 Å². The zero-order valence-electron chi connectivity index (χ0n) is 8.41. The van der Waals surface area contributed by atoms with Gasteiger partial charge in [0.15, 0.2) is 11.4 Å². The SMILES string of the molecule is C=C1C(=O)CC(=O)CC1(O)C(=O)OCC. The number of carbonyl (C=O) groups excluding carboxylic acids is 3. The number of carbonyl (C=O) groups is 3. The molecule has 1 saturated carbocycles. The van der Waals surface area contributed by atoms with Crippen molar-refractivity contribution in [2.45, 2.75) is 25.4 Å². The minimum Gasteiger partial charge on any atom is -0.464 e. The highest BCUT2D eigenvalue weighted by Crippen LogP contribution is 2.29. The first-order valence-corrected chi connectivity index (χ1v) is 4.55. The molecule has 5 nitrogen and oxygen atoms in total. The molecule has 5 heteroatoms. The minimum atomic E-state index is -2.16. The van der Waals surface area contributed by atoms with E-state index >= 15 is 0 Å². The van der Waals surface area contributed by atoms with Crippen molar-refractivity contribution in [3.05, 3.63) is 12.2 Å². The molecule has 0 spiro atoms.